The van der Waals surface area contributed by atoms with Crippen molar-refractivity contribution in [2.75, 3.05) is 26.4 Å². The Kier molecular flexibility index (Phi) is 3.62. The van der Waals surface area contributed by atoms with Crippen LogP contribution in [0.5, 0.6) is 0 Å². The zero-order valence-corrected chi connectivity index (χ0v) is 13.5. The van der Waals surface area contributed by atoms with Crippen LogP contribution in [0, 0.1) is 13.8 Å². The van der Waals surface area contributed by atoms with Gasteiger partial charge in [0.25, 0.3) is 5.91 Å². The van der Waals surface area contributed by atoms with Crippen molar-refractivity contribution in [3.8, 4) is 0 Å². The lowest BCUT2D eigenvalue weighted by Gasteiger charge is -2.43. The lowest BCUT2D eigenvalue weighted by Crippen LogP contribution is -2.57. The van der Waals surface area contributed by atoms with Crippen LogP contribution in [0.15, 0.2) is 22.6 Å². The number of para-hydroxylation sites is 1. The predicted molar refractivity (Wildman–Crippen MR) is 85.7 cm³/mol. The number of furan rings is 1. The monoisotopic (exact) mass is 315 g/mol. The van der Waals surface area contributed by atoms with E-state index in [0.29, 0.717) is 32.1 Å². The van der Waals surface area contributed by atoms with Gasteiger partial charge in [-0.3, -0.25) is 4.79 Å². The fourth-order valence-corrected chi connectivity index (χ4v) is 3.66. The first kappa shape index (κ1) is 14.7. The second kappa shape index (κ2) is 5.65. The van der Waals surface area contributed by atoms with E-state index in [9.17, 15) is 4.79 Å². The Morgan fingerprint density at radius 3 is 2.96 bits per heavy atom. The molecule has 1 aromatic heterocycles. The van der Waals surface area contributed by atoms with E-state index < -0.39 is 0 Å². The third kappa shape index (κ3) is 2.35. The summed E-state index contributed by atoms with van der Waals surface area (Å²) in [6, 6.07) is 6.09. The first-order valence-corrected chi connectivity index (χ1v) is 8.16. The Morgan fingerprint density at radius 2 is 2.13 bits per heavy atom. The minimum atomic E-state index is -0.0294. The smallest absolute Gasteiger partial charge is 0.290 e. The molecular formula is C18H21NO4. The van der Waals surface area contributed by atoms with Gasteiger partial charge in [-0.25, -0.2) is 0 Å². The van der Waals surface area contributed by atoms with Crippen molar-refractivity contribution in [3.63, 3.8) is 0 Å². The number of nitrogens with zero attached hydrogens (tertiary/aromatic N) is 1. The molecule has 4 rings (SSSR count). The maximum atomic E-state index is 13.1. The molecule has 5 nitrogen and oxygen atoms in total. The van der Waals surface area contributed by atoms with Crippen molar-refractivity contribution in [3.05, 3.63) is 35.1 Å². The van der Waals surface area contributed by atoms with Crippen LogP contribution < -0.4 is 0 Å². The minimum Gasteiger partial charge on any atom is -0.450 e. The van der Waals surface area contributed by atoms with E-state index in [0.717, 1.165) is 28.5 Å². The van der Waals surface area contributed by atoms with Crippen LogP contribution in [0.1, 0.15) is 28.1 Å². The maximum Gasteiger partial charge on any atom is 0.290 e. The standard InChI is InChI=1S/C18H21NO4/c1-11-4-3-5-13-12(2)17(23-16(11)13)18(20)19-7-9-22-15-10-21-8-6-14(15)19/h3-5,14-15H,6-10H2,1-2H3/t14-,15+/m0/s1. The summed E-state index contributed by atoms with van der Waals surface area (Å²) in [5.74, 6) is 0.430. The van der Waals surface area contributed by atoms with Crippen LogP contribution >= 0.6 is 0 Å². The normalized spacial score (nSPS) is 24.7. The number of fused-ring (bicyclic) bond motifs is 2. The molecule has 0 N–H and O–H groups in total. The van der Waals surface area contributed by atoms with Gasteiger partial charge in [-0.05, 0) is 25.8 Å². The zero-order chi connectivity index (χ0) is 16.0. The van der Waals surface area contributed by atoms with Gasteiger partial charge in [0, 0.05) is 24.1 Å². The molecule has 5 heteroatoms. The van der Waals surface area contributed by atoms with Crippen molar-refractivity contribution in [2.45, 2.75) is 32.4 Å². The van der Waals surface area contributed by atoms with E-state index in [2.05, 4.69) is 0 Å². The fraction of sp³-hybridized carbons (Fsp3) is 0.500. The first-order chi connectivity index (χ1) is 11.2. The number of aryl methyl sites for hydroxylation is 2. The molecule has 2 fully saturated rings. The fourth-order valence-electron chi connectivity index (χ4n) is 3.66. The van der Waals surface area contributed by atoms with E-state index in [-0.39, 0.29) is 18.1 Å². The molecule has 23 heavy (non-hydrogen) atoms. The molecule has 0 spiro atoms. The average Bonchev–Trinajstić information content (AvgIpc) is 2.92. The summed E-state index contributed by atoms with van der Waals surface area (Å²) < 4.78 is 17.2. The number of benzene rings is 1. The second-order valence-electron chi connectivity index (χ2n) is 6.35. The third-order valence-electron chi connectivity index (χ3n) is 4.95. The molecule has 0 saturated carbocycles. The molecule has 2 saturated heterocycles. The lowest BCUT2D eigenvalue weighted by molar-refractivity contribution is -0.124. The molecule has 2 atom stereocenters. The average molecular weight is 315 g/mol. The summed E-state index contributed by atoms with van der Waals surface area (Å²) in [6.07, 6.45) is 0.794. The van der Waals surface area contributed by atoms with Crippen LogP contribution in [0.3, 0.4) is 0 Å². The van der Waals surface area contributed by atoms with Gasteiger partial charge >= 0.3 is 0 Å². The van der Waals surface area contributed by atoms with Gasteiger partial charge in [0.15, 0.2) is 5.76 Å². The highest BCUT2D eigenvalue weighted by Crippen LogP contribution is 2.30. The molecule has 1 amide bonds. The van der Waals surface area contributed by atoms with E-state index in [1.165, 1.54) is 0 Å². The molecule has 2 aliphatic rings. The quantitative estimate of drug-likeness (QED) is 0.812. The zero-order valence-electron chi connectivity index (χ0n) is 13.5. The molecule has 2 aromatic rings. The Bertz CT molecular complexity index is 749. The molecule has 2 aliphatic heterocycles. The van der Waals surface area contributed by atoms with Gasteiger partial charge in [-0.1, -0.05) is 18.2 Å². The van der Waals surface area contributed by atoms with Crippen LogP contribution in [-0.2, 0) is 9.47 Å². The highest BCUT2D eigenvalue weighted by atomic mass is 16.5. The van der Waals surface area contributed by atoms with E-state index >= 15 is 0 Å². The van der Waals surface area contributed by atoms with Gasteiger partial charge < -0.3 is 18.8 Å². The Hall–Kier alpha value is -1.85. The van der Waals surface area contributed by atoms with Crippen molar-refractivity contribution in [1.29, 1.82) is 0 Å². The lowest BCUT2D eigenvalue weighted by atomic mass is 10.0. The van der Waals surface area contributed by atoms with E-state index in [1.54, 1.807) is 0 Å². The summed E-state index contributed by atoms with van der Waals surface area (Å²) in [7, 11) is 0. The van der Waals surface area contributed by atoms with Crippen molar-refractivity contribution >= 4 is 16.9 Å². The number of hydrogen-bond acceptors (Lipinski definition) is 4. The van der Waals surface area contributed by atoms with Crippen LogP contribution in [0.4, 0.5) is 0 Å². The van der Waals surface area contributed by atoms with Gasteiger partial charge in [0.2, 0.25) is 0 Å². The molecule has 3 heterocycles. The number of amides is 1. The molecular weight excluding hydrogens is 294 g/mol. The molecule has 0 radical (unpaired) electrons. The number of carbonyl (C=O) groups is 1. The van der Waals surface area contributed by atoms with Crippen LogP contribution in [0.2, 0.25) is 0 Å². The highest BCUT2D eigenvalue weighted by Gasteiger charge is 2.39. The summed E-state index contributed by atoms with van der Waals surface area (Å²) in [5.41, 5.74) is 2.78. The summed E-state index contributed by atoms with van der Waals surface area (Å²) in [6.45, 7) is 6.35. The Labute approximate surface area is 135 Å². The summed E-state index contributed by atoms with van der Waals surface area (Å²) in [4.78, 5) is 15.0. The molecule has 0 bridgehead atoms. The minimum absolute atomic E-state index is 0.0205. The van der Waals surface area contributed by atoms with E-state index in [1.807, 2.05) is 36.9 Å². The van der Waals surface area contributed by atoms with Gasteiger partial charge in [0.1, 0.15) is 11.7 Å². The number of ether oxygens (including phenoxy) is 2. The molecule has 122 valence electrons. The number of hydrogen-bond donors (Lipinski definition) is 0. The number of carbonyl (C=O) groups excluding carboxylic acids is 1. The van der Waals surface area contributed by atoms with Gasteiger partial charge in [-0.15, -0.1) is 0 Å². The highest BCUT2D eigenvalue weighted by molar-refractivity contribution is 5.99. The number of rotatable bonds is 1. The summed E-state index contributed by atoms with van der Waals surface area (Å²) >= 11 is 0. The molecule has 0 unspecified atom stereocenters. The molecule has 0 aliphatic carbocycles. The Balaban J connectivity index is 1.71. The van der Waals surface area contributed by atoms with Crippen molar-refractivity contribution in [1.82, 2.24) is 4.90 Å². The third-order valence-corrected chi connectivity index (χ3v) is 4.95. The number of morpholine rings is 1. The van der Waals surface area contributed by atoms with Crippen LogP contribution in [-0.4, -0.2) is 49.3 Å². The predicted octanol–water partition coefficient (Wildman–Crippen LogP) is 2.68. The molecule has 1 aromatic carbocycles. The van der Waals surface area contributed by atoms with Gasteiger partial charge in [0.05, 0.1) is 19.3 Å². The van der Waals surface area contributed by atoms with E-state index in [4.69, 9.17) is 13.9 Å². The largest absolute Gasteiger partial charge is 0.450 e. The van der Waals surface area contributed by atoms with Crippen LogP contribution in [0.25, 0.3) is 11.0 Å². The SMILES string of the molecule is Cc1c(C(=O)N2CCO[C@@H]3COCC[C@@H]32)oc2c(C)cccc12. The Morgan fingerprint density at radius 1 is 1.26 bits per heavy atom. The second-order valence-corrected chi connectivity index (χ2v) is 6.35. The van der Waals surface area contributed by atoms with Crippen molar-refractivity contribution < 1.29 is 18.7 Å². The first-order valence-electron chi connectivity index (χ1n) is 8.16. The van der Waals surface area contributed by atoms with Crippen molar-refractivity contribution in [2.24, 2.45) is 0 Å². The topological polar surface area (TPSA) is 51.9 Å². The van der Waals surface area contributed by atoms with Gasteiger partial charge in [-0.2, -0.15) is 0 Å². The summed E-state index contributed by atoms with van der Waals surface area (Å²) in [5, 5.41) is 1.02. The maximum absolute atomic E-state index is 13.1.